The van der Waals surface area contributed by atoms with E-state index in [9.17, 15) is 18.0 Å². The van der Waals surface area contributed by atoms with Gasteiger partial charge in [-0.05, 0) is 30.2 Å². The second-order valence-corrected chi connectivity index (χ2v) is 5.22. The largest absolute Gasteiger partial charge is 0.490 e. The fraction of sp³-hybridized carbons (Fsp3) is 0.176. The molecule has 0 aliphatic heterocycles. The van der Waals surface area contributed by atoms with Crippen LogP contribution in [0, 0.1) is 0 Å². The molecule has 2 N–H and O–H groups in total. The van der Waals surface area contributed by atoms with Crippen LogP contribution in [-0.4, -0.2) is 39.8 Å². The molecule has 1 amide bonds. The number of aromatic nitrogens is 2. The number of pyridine rings is 1. The number of carbonyl (C=O) groups excluding carboxylic acids is 1. The normalized spacial score (nSPS) is 10.7. The molecule has 0 radical (unpaired) electrons. The van der Waals surface area contributed by atoms with E-state index < -0.39 is 12.1 Å². The van der Waals surface area contributed by atoms with Crippen molar-refractivity contribution in [1.29, 1.82) is 0 Å². The van der Waals surface area contributed by atoms with Crippen molar-refractivity contribution in [3.05, 3.63) is 60.2 Å². The maximum Gasteiger partial charge on any atom is 0.490 e. The summed E-state index contributed by atoms with van der Waals surface area (Å²) in [4.78, 5) is 24.9. The fourth-order valence-electron chi connectivity index (χ4n) is 1.87. The summed E-state index contributed by atoms with van der Waals surface area (Å²) in [5, 5.41) is 13.6. The standard InChI is InChI=1S/C15H13N3O3.C2HF3O2/c19-15(17-7-5-11-3-1-6-16-10-11)12-9-14(21-18-12)13-4-2-8-20-13;3-2(4,5)1(6)7/h1-4,6,8-10H,5,7H2,(H,17,19);(H,6,7). The number of halogens is 3. The Hall–Kier alpha value is -3.63. The van der Waals surface area contributed by atoms with Crippen LogP contribution in [0.1, 0.15) is 16.1 Å². The number of alkyl halides is 3. The highest BCUT2D eigenvalue weighted by atomic mass is 19.4. The van der Waals surface area contributed by atoms with E-state index in [-0.39, 0.29) is 11.6 Å². The number of hydrogen-bond donors (Lipinski definition) is 2. The molecule has 11 heteroatoms. The Morgan fingerprint density at radius 2 is 1.93 bits per heavy atom. The highest BCUT2D eigenvalue weighted by molar-refractivity contribution is 5.92. The van der Waals surface area contributed by atoms with Gasteiger partial charge in [0.1, 0.15) is 0 Å². The topological polar surface area (TPSA) is 118 Å². The summed E-state index contributed by atoms with van der Waals surface area (Å²) in [6.45, 7) is 0.507. The Bertz CT molecular complexity index is 892. The molecule has 148 valence electrons. The molecule has 0 atom stereocenters. The minimum Gasteiger partial charge on any atom is -0.475 e. The third-order valence-corrected chi connectivity index (χ3v) is 3.17. The quantitative estimate of drug-likeness (QED) is 0.679. The third kappa shape index (κ3) is 6.27. The van der Waals surface area contributed by atoms with Gasteiger partial charge in [0.25, 0.3) is 5.91 Å². The smallest absolute Gasteiger partial charge is 0.475 e. The van der Waals surface area contributed by atoms with Crippen molar-refractivity contribution in [2.24, 2.45) is 0 Å². The van der Waals surface area contributed by atoms with Crippen molar-refractivity contribution >= 4 is 11.9 Å². The zero-order valence-corrected chi connectivity index (χ0v) is 14.1. The Kier molecular flexibility index (Phi) is 6.90. The lowest BCUT2D eigenvalue weighted by Crippen LogP contribution is -2.25. The Morgan fingerprint density at radius 1 is 1.18 bits per heavy atom. The second kappa shape index (κ2) is 9.35. The summed E-state index contributed by atoms with van der Waals surface area (Å²) in [6, 6.07) is 8.86. The van der Waals surface area contributed by atoms with Crippen LogP contribution < -0.4 is 5.32 Å². The molecule has 0 unspecified atom stereocenters. The van der Waals surface area contributed by atoms with Gasteiger partial charge < -0.3 is 19.4 Å². The van der Waals surface area contributed by atoms with Crippen LogP contribution in [0.4, 0.5) is 13.2 Å². The number of hydrogen-bond acceptors (Lipinski definition) is 6. The Balaban J connectivity index is 0.000000345. The van der Waals surface area contributed by atoms with Gasteiger partial charge in [-0.25, -0.2) is 4.79 Å². The number of rotatable bonds is 5. The van der Waals surface area contributed by atoms with Crippen molar-refractivity contribution in [1.82, 2.24) is 15.5 Å². The van der Waals surface area contributed by atoms with Crippen LogP contribution in [0.3, 0.4) is 0 Å². The van der Waals surface area contributed by atoms with E-state index in [1.54, 1.807) is 30.6 Å². The van der Waals surface area contributed by atoms with Crippen molar-refractivity contribution in [2.45, 2.75) is 12.6 Å². The SMILES string of the molecule is O=C(NCCc1cccnc1)c1cc(-c2ccco2)on1.O=C(O)C(F)(F)F. The lowest BCUT2D eigenvalue weighted by atomic mass is 10.2. The van der Waals surface area contributed by atoms with Gasteiger partial charge in [0, 0.05) is 25.0 Å². The molecule has 0 bridgehead atoms. The molecule has 28 heavy (non-hydrogen) atoms. The molecule has 3 rings (SSSR count). The number of furan rings is 1. The van der Waals surface area contributed by atoms with Gasteiger partial charge in [0.2, 0.25) is 5.76 Å². The molecule has 0 aliphatic rings. The molecule has 0 aliphatic carbocycles. The summed E-state index contributed by atoms with van der Waals surface area (Å²) < 4.78 is 42.0. The monoisotopic (exact) mass is 397 g/mol. The number of nitrogens with zero attached hydrogens (tertiary/aromatic N) is 2. The van der Waals surface area contributed by atoms with Crippen LogP contribution >= 0.6 is 0 Å². The molecule has 3 aromatic heterocycles. The molecule has 3 heterocycles. The first-order chi connectivity index (χ1) is 13.3. The molecule has 3 aromatic rings. The summed E-state index contributed by atoms with van der Waals surface area (Å²) in [6.07, 6.45) is 0.652. The van der Waals surface area contributed by atoms with E-state index in [1.807, 2.05) is 12.1 Å². The van der Waals surface area contributed by atoms with Crippen LogP contribution in [0.25, 0.3) is 11.5 Å². The average Bonchev–Trinajstić information content (AvgIpc) is 3.34. The predicted molar refractivity (Wildman–Crippen MR) is 88.2 cm³/mol. The zero-order chi connectivity index (χ0) is 20.6. The van der Waals surface area contributed by atoms with Gasteiger partial charge in [0.05, 0.1) is 6.26 Å². The highest BCUT2D eigenvalue weighted by Crippen LogP contribution is 2.20. The zero-order valence-electron chi connectivity index (χ0n) is 14.1. The molecular formula is C17H14F3N3O5. The number of amides is 1. The Morgan fingerprint density at radius 3 is 2.50 bits per heavy atom. The van der Waals surface area contributed by atoms with E-state index in [4.69, 9.17) is 18.8 Å². The number of carboxylic acid groups (broad SMARTS) is 1. The van der Waals surface area contributed by atoms with E-state index >= 15 is 0 Å². The van der Waals surface area contributed by atoms with Crippen molar-refractivity contribution in [2.75, 3.05) is 6.54 Å². The van der Waals surface area contributed by atoms with Crippen molar-refractivity contribution in [3.8, 4) is 11.5 Å². The second-order valence-electron chi connectivity index (χ2n) is 5.22. The molecule has 0 spiro atoms. The highest BCUT2D eigenvalue weighted by Gasteiger charge is 2.38. The molecule has 0 aromatic carbocycles. The third-order valence-electron chi connectivity index (χ3n) is 3.17. The summed E-state index contributed by atoms with van der Waals surface area (Å²) >= 11 is 0. The molecule has 0 saturated heterocycles. The molecule has 0 saturated carbocycles. The first kappa shape index (κ1) is 20.7. The maximum atomic E-state index is 11.9. The van der Waals surface area contributed by atoms with E-state index in [0.717, 1.165) is 5.56 Å². The van der Waals surface area contributed by atoms with Gasteiger partial charge in [-0.2, -0.15) is 13.2 Å². The number of aliphatic carboxylic acids is 1. The lowest BCUT2D eigenvalue weighted by Gasteiger charge is -2.02. The van der Waals surface area contributed by atoms with Crippen molar-refractivity contribution in [3.63, 3.8) is 0 Å². The summed E-state index contributed by atoms with van der Waals surface area (Å²) in [7, 11) is 0. The lowest BCUT2D eigenvalue weighted by molar-refractivity contribution is -0.192. The minimum atomic E-state index is -5.08. The van der Waals surface area contributed by atoms with Gasteiger partial charge in [-0.3, -0.25) is 9.78 Å². The first-order valence-corrected chi connectivity index (χ1v) is 7.75. The molecule has 0 fully saturated rings. The van der Waals surface area contributed by atoms with Gasteiger partial charge in [0.15, 0.2) is 11.5 Å². The van der Waals surface area contributed by atoms with Gasteiger partial charge in [-0.1, -0.05) is 11.2 Å². The fourth-order valence-corrected chi connectivity index (χ4v) is 1.87. The van der Waals surface area contributed by atoms with Gasteiger partial charge in [-0.15, -0.1) is 0 Å². The molecular weight excluding hydrogens is 383 g/mol. The predicted octanol–water partition coefficient (Wildman–Crippen LogP) is 2.94. The van der Waals surface area contributed by atoms with Crippen molar-refractivity contribution < 1.29 is 36.8 Å². The first-order valence-electron chi connectivity index (χ1n) is 7.75. The average molecular weight is 397 g/mol. The number of carbonyl (C=O) groups is 2. The Labute approximate surface area is 156 Å². The van der Waals surface area contributed by atoms with Crippen LogP contribution in [0.2, 0.25) is 0 Å². The summed E-state index contributed by atoms with van der Waals surface area (Å²) in [5.41, 5.74) is 1.29. The van der Waals surface area contributed by atoms with E-state index in [1.165, 1.54) is 6.26 Å². The van der Waals surface area contributed by atoms with E-state index in [0.29, 0.717) is 24.5 Å². The van der Waals surface area contributed by atoms with E-state index in [2.05, 4.69) is 15.5 Å². The summed E-state index contributed by atoms with van der Waals surface area (Å²) in [5.74, 6) is -2.07. The van der Waals surface area contributed by atoms with Crippen LogP contribution in [0.5, 0.6) is 0 Å². The number of nitrogens with one attached hydrogen (secondary N) is 1. The van der Waals surface area contributed by atoms with Crippen LogP contribution in [-0.2, 0) is 11.2 Å². The van der Waals surface area contributed by atoms with Crippen LogP contribution in [0.15, 0.2) is 57.9 Å². The molecule has 8 nitrogen and oxygen atoms in total. The number of carboxylic acids is 1. The van der Waals surface area contributed by atoms with Gasteiger partial charge >= 0.3 is 12.1 Å². The maximum absolute atomic E-state index is 11.9. The minimum absolute atomic E-state index is 0.229.